The van der Waals surface area contributed by atoms with Crippen molar-refractivity contribution in [1.29, 1.82) is 0 Å². The molecular formula is C28H39BrN6O4. The molecule has 0 bridgehead atoms. The summed E-state index contributed by atoms with van der Waals surface area (Å²) >= 11 is 3.47. The molecule has 11 heteroatoms. The molecule has 212 valence electrons. The van der Waals surface area contributed by atoms with E-state index in [2.05, 4.69) is 59.5 Å². The van der Waals surface area contributed by atoms with Crippen molar-refractivity contribution in [2.45, 2.75) is 55.6 Å². The van der Waals surface area contributed by atoms with Crippen LogP contribution >= 0.6 is 15.9 Å². The molecule has 0 radical (unpaired) electrons. The van der Waals surface area contributed by atoms with E-state index in [1.54, 1.807) is 6.08 Å². The van der Waals surface area contributed by atoms with Crippen LogP contribution in [0.3, 0.4) is 0 Å². The lowest BCUT2D eigenvalue weighted by molar-refractivity contribution is -0.135. The summed E-state index contributed by atoms with van der Waals surface area (Å²) < 4.78 is 13.5. The van der Waals surface area contributed by atoms with Crippen molar-refractivity contribution in [3.05, 3.63) is 64.2 Å². The molecule has 10 nitrogen and oxygen atoms in total. The van der Waals surface area contributed by atoms with Gasteiger partial charge in [0.1, 0.15) is 11.0 Å². The van der Waals surface area contributed by atoms with Gasteiger partial charge >= 0.3 is 11.9 Å². The largest absolute Gasteiger partial charge is 0.466 e. The summed E-state index contributed by atoms with van der Waals surface area (Å²) in [7, 11) is 2.67. The molecule has 4 aromatic rings. The van der Waals surface area contributed by atoms with Gasteiger partial charge in [0.05, 0.1) is 25.3 Å². The van der Waals surface area contributed by atoms with Crippen molar-refractivity contribution in [2.24, 2.45) is 0 Å². The lowest BCUT2D eigenvalue weighted by Crippen LogP contribution is -1.96. The normalized spacial score (nSPS) is 9.92. The zero-order chi connectivity index (χ0) is 27.5. The van der Waals surface area contributed by atoms with Gasteiger partial charge < -0.3 is 9.47 Å². The Kier molecular flexibility index (Phi) is 15.2. The molecule has 0 N–H and O–H groups in total. The summed E-state index contributed by atoms with van der Waals surface area (Å²) in [5, 5.41) is 16.4. The van der Waals surface area contributed by atoms with Crippen molar-refractivity contribution in [3.63, 3.8) is 0 Å². The van der Waals surface area contributed by atoms with Crippen molar-refractivity contribution in [1.82, 2.24) is 30.0 Å². The van der Waals surface area contributed by atoms with Crippen molar-refractivity contribution >= 4 is 56.0 Å². The molecule has 0 spiro atoms. The highest BCUT2D eigenvalue weighted by molar-refractivity contribution is 9.10. The molecule has 4 rings (SSSR count). The molecule has 2 heterocycles. The Balaban J connectivity index is 0.000000606. The molecular weight excluding hydrogens is 564 g/mol. The van der Waals surface area contributed by atoms with Gasteiger partial charge in [0, 0.05) is 29.7 Å². The lowest BCUT2D eigenvalue weighted by atomic mass is 10.1. The Morgan fingerprint density at radius 1 is 0.872 bits per heavy atom. The maximum Gasteiger partial charge on any atom is 0.330 e. The minimum atomic E-state index is -0.394. The molecule has 0 fully saturated rings. The van der Waals surface area contributed by atoms with Crippen LogP contribution in [0.1, 0.15) is 45.4 Å². The van der Waals surface area contributed by atoms with Gasteiger partial charge in [-0.1, -0.05) is 53.9 Å². The van der Waals surface area contributed by atoms with E-state index in [4.69, 9.17) is 0 Å². The lowest BCUT2D eigenvalue weighted by Gasteiger charge is -2.02. The Morgan fingerprint density at radius 3 is 1.79 bits per heavy atom. The fraction of sp³-hybridized carbons (Fsp3) is 0.357. The van der Waals surface area contributed by atoms with E-state index in [0.29, 0.717) is 0 Å². The van der Waals surface area contributed by atoms with E-state index in [0.717, 1.165) is 62.4 Å². The first-order valence-corrected chi connectivity index (χ1v) is 12.3. The number of aromatic nitrogens is 6. The number of aryl methyl sites for hydroxylation is 4. The summed E-state index contributed by atoms with van der Waals surface area (Å²) in [4.78, 5) is 20.9. The van der Waals surface area contributed by atoms with Gasteiger partial charge in [0.15, 0.2) is 0 Å². The first kappa shape index (κ1) is 35.1. The highest BCUT2D eigenvalue weighted by Crippen LogP contribution is 2.23. The third-order valence-corrected chi connectivity index (χ3v) is 6.28. The van der Waals surface area contributed by atoms with E-state index in [-0.39, 0.29) is 20.8 Å². The van der Waals surface area contributed by atoms with Crippen LogP contribution in [0.15, 0.2) is 47.5 Å². The molecule has 0 unspecified atom stereocenters. The van der Waals surface area contributed by atoms with E-state index >= 15 is 0 Å². The Hall–Kier alpha value is -3.86. The van der Waals surface area contributed by atoms with Gasteiger partial charge in [-0.2, -0.15) is 0 Å². The van der Waals surface area contributed by atoms with Crippen molar-refractivity contribution in [2.75, 3.05) is 14.2 Å². The number of methoxy groups -OCH3 is 2. The van der Waals surface area contributed by atoms with Crippen molar-refractivity contribution in [3.8, 4) is 0 Å². The predicted octanol–water partition coefficient (Wildman–Crippen LogP) is 6.09. The highest BCUT2D eigenvalue weighted by atomic mass is 79.9. The van der Waals surface area contributed by atoms with E-state index in [1.807, 2.05) is 54.4 Å². The predicted molar refractivity (Wildman–Crippen MR) is 160 cm³/mol. The molecule has 39 heavy (non-hydrogen) atoms. The summed E-state index contributed by atoms with van der Waals surface area (Å²) in [5.74, 6) is -0.762. The van der Waals surface area contributed by atoms with Gasteiger partial charge in [-0.3, -0.25) is 0 Å². The quantitative estimate of drug-likeness (QED) is 0.199. The second kappa shape index (κ2) is 16.9. The zero-order valence-corrected chi connectivity index (χ0v) is 23.4. The highest BCUT2D eigenvalue weighted by Gasteiger charge is 2.09. The van der Waals surface area contributed by atoms with Crippen molar-refractivity contribution < 1.29 is 19.1 Å². The Bertz CT molecular complexity index is 1420. The number of rotatable bonds is 5. The number of hydrogen-bond donors (Lipinski definition) is 0. The second-order valence-electron chi connectivity index (χ2n) is 7.58. The number of carbonyl (C=O) groups excluding carboxylic acids is 2. The second-order valence-corrected chi connectivity index (χ2v) is 8.44. The molecule has 0 amide bonds. The standard InChI is InChI=1S/C13H15N3O2.C9H10BrN3.C4H6O2.2CH4/c1-4-16-11-7-5-10(6-8-12(17)18-3)9(2)13(11)14-15-16;1-3-13-8-5-4-7(10)6(2)9(8)11-12-13;1-3-4(5)6-2;;/h5-8H,4H2,1-3H3;4-5H,3H2,1-2H3;3H,1H2,2H3;2*1H4/b8-6+;;;;. The summed E-state index contributed by atoms with van der Waals surface area (Å²) in [6, 6.07) is 7.98. The minimum Gasteiger partial charge on any atom is -0.466 e. The maximum absolute atomic E-state index is 11.1. The van der Waals surface area contributed by atoms with E-state index in [9.17, 15) is 9.59 Å². The van der Waals surface area contributed by atoms with Crippen LogP contribution < -0.4 is 0 Å². The van der Waals surface area contributed by atoms with Gasteiger partial charge in [0.2, 0.25) is 0 Å². The van der Waals surface area contributed by atoms with Crippen LogP contribution in [0.25, 0.3) is 28.1 Å². The van der Waals surface area contributed by atoms with E-state index in [1.165, 1.54) is 20.3 Å². The summed E-state index contributed by atoms with van der Waals surface area (Å²) in [5.41, 5.74) is 7.05. The zero-order valence-electron chi connectivity index (χ0n) is 21.9. The van der Waals surface area contributed by atoms with Crippen LogP contribution in [0.4, 0.5) is 0 Å². The number of hydrogen-bond acceptors (Lipinski definition) is 8. The summed E-state index contributed by atoms with van der Waals surface area (Å²) in [6.45, 7) is 12.9. The molecule has 0 aliphatic rings. The molecule has 2 aromatic carbocycles. The van der Waals surface area contributed by atoms with Crippen LogP contribution in [0, 0.1) is 13.8 Å². The monoisotopic (exact) mass is 602 g/mol. The third kappa shape index (κ3) is 8.85. The average molecular weight is 604 g/mol. The molecule has 0 aliphatic carbocycles. The molecule has 0 aliphatic heterocycles. The van der Waals surface area contributed by atoms with Crippen LogP contribution in [0.5, 0.6) is 0 Å². The van der Waals surface area contributed by atoms with E-state index < -0.39 is 5.97 Å². The minimum absolute atomic E-state index is 0. The fourth-order valence-corrected chi connectivity index (χ4v) is 3.60. The molecule has 0 saturated heterocycles. The first-order chi connectivity index (χ1) is 17.7. The Morgan fingerprint density at radius 2 is 1.36 bits per heavy atom. The van der Waals surface area contributed by atoms with Crippen LogP contribution in [-0.2, 0) is 32.2 Å². The number of benzene rings is 2. The molecule has 2 aromatic heterocycles. The smallest absolute Gasteiger partial charge is 0.330 e. The topological polar surface area (TPSA) is 114 Å². The average Bonchev–Trinajstić information content (AvgIpc) is 3.55. The number of nitrogens with zero attached hydrogens (tertiary/aromatic N) is 6. The molecule has 0 atom stereocenters. The Labute approximate surface area is 238 Å². The van der Waals surface area contributed by atoms with Gasteiger partial charge in [-0.15, -0.1) is 10.2 Å². The third-order valence-electron chi connectivity index (χ3n) is 5.42. The number of esters is 2. The van der Waals surface area contributed by atoms with Gasteiger partial charge in [0.25, 0.3) is 0 Å². The van der Waals surface area contributed by atoms with Gasteiger partial charge in [-0.05, 0) is 68.7 Å². The molecule has 0 saturated carbocycles. The van der Waals surface area contributed by atoms with Gasteiger partial charge in [-0.25, -0.2) is 19.0 Å². The number of halogens is 1. The fourth-order valence-electron chi connectivity index (χ4n) is 3.28. The number of carbonyl (C=O) groups is 2. The first-order valence-electron chi connectivity index (χ1n) is 11.5. The summed E-state index contributed by atoms with van der Waals surface area (Å²) in [6.07, 6.45) is 4.24. The number of fused-ring (bicyclic) bond motifs is 2. The SMILES string of the molecule is C.C.C=CC(=O)OC.CCn1nnc2c(C)c(/C=C/C(=O)OC)ccc21.CCn1nnc2c(C)c(Br)ccc21. The number of ether oxygens (including phenoxy) is 2. The maximum atomic E-state index is 11.1. The van der Waals surface area contributed by atoms with Crippen LogP contribution in [0.2, 0.25) is 0 Å². The van der Waals surface area contributed by atoms with Crippen LogP contribution in [-0.4, -0.2) is 56.1 Å².